The van der Waals surface area contributed by atoms with Gasteiger partial charge >= 0.3 is 0 Å². The lowest BCUT2D eigenvalue weighted by Gasteiger charge is -2.10. The number of fused-ring (bicyclic) bond motifs is 1. The van der Waals surface area contributed by atoms with Crippen LogP contribution in [0.1, 0.15) is 29.9 Å². The van der Waals surface area contributed by atoms with E-state index in [1.165, 1.54) is 12.1 Å². The first-order valence-corrected chi connectivity index (χ1v) is 4.91. The van der Waals surface area contributed by atoms with Crippen molar-refractivity contribution < 1.29 is 8.78 Å². The number of halogens is 2. The molecule has 2 N–H and O–H groups in total. The van der Waals surface area contributed by atoms with Gasteiger partial charge in [0.15, 0.2) is 0 Å². The summed E-state index contributed by atoms with van der Waals surface area (Å²) in [6.45, 7) is 0.528. The van der Waals surface area contributed by atoms with Crippen molar-refractivity contribution >= 4 is 0 Å². The standard InChI is InChI=1S/C11H13F2N/c12-9-3-4-10(13)11-7(5-6-14)1-2-8(9)11/h3-4,7H,1-2,5-6,14H2. The van der Waals surface area contributed by atoms with Crippen molar-refractivity contribution in [3.05, 3.63) is 34.9 Å². The van der Waals surface area contributed by atoms with Crippen LogP contribution in [-0.4, -0.2) is 6.54 Å². The Kier molecular flexibility index (Phi) is 2.50. The van der Waals surface area contributed by atoms with Gasteiger partial charge in [-0.1, -0.05) is 0 Å². The summed E-state index contributed by atoms with van der Waals surface area (Å²) in [5.41, 5.74) is 6.56. The van der Waals surface area contributed by atoms with Gasteiger partial charge in [-0.2, -0.15) is 0 Å². The quantitative estimate of drug-likeness (QED) is 0.773. The summed E-state index contributed by atoms with van der Waals surface area (Å²) in [5, 5.41) is 0. The lowest BCUT2D eigenvalue weighted by atomic mass is 9.97. The van der Waals surface area contributed by atoms with Crippen LogP contribution in [0.25, 0.3) is 0 Å². The molecule has 0 saturated carbocycles. The van der Waals surface area contributed by atoms with Crippen LogP contribution in [0.3, 0.4) is 0 Å². The highest BCUT2D eigenvalue weighted by Gasteiger charge is 2.27. The monoisotopic (exact) mass is 197 g/mol. The number of rotatable bonds is 2. The van der Waals surface area contributed by atoms with E-state index in [0.29, 0.717) is 24.1 Å². The van der Waals surface area contributed by atoms with Gasteiger partial charge in [0, 0.05) is 0 Å². The van der Waals surface area contributed by atoms with E-state index >= 15 is 0 Å². The van der Waals surface area contributed by atoms with Crippen LogP contribution in [0.15, 0.2) is 12.1 Å². The number of benzene rings is 1. The highest BCUT2D eigenvalue weighted by Crippen LogP contribution is 2.38. The number of hydrogen-bond acceptors (Lipinski definition) is 1. The zero-order chi connectivity index (χ0) is 10.1. The van der Waals surface area contributed by atoms with Crippen LogP contribution >= 0.6 is 0 Å². The maximum atomic E-state index is 13.4. The minimum absolute atomic E-state index is 0.116. The van der Waals surface area contributed by atoms with Gasteiger partial charge in [0.2, 0.25) is 0 Å². The first-order valence-electron chi connectivity index (χ1n) is 4.91. The van der Waals surface area contributed by atoms with E-state index in [1.807, 2.05) is 0 Å². The number of nitrogens with two attached hydrogens (primary N) is 1. The first kappa shape index (κ1) is 9.59. The average molecular weight is 197 g/mol. The lowest BCUT2D eigenvalue weighted by Crippen LogP contribution is -2.06. The van der Waals surface area contributed by atoms with Crippen LogP contribution in [0.4, 0.5) is 8.78 Å². The third kappa shape index (κ3) is 1.42. The molecular formula is C11H13F2N. The summed E-state index contributed by atoms with van der Waals surface area (Å²) < 4.78 is 26.7. The third-order valence-corrected chi connectivity index (χ3v) is 2.91. The van der Waals surface area contributed by atoms with Crippen molar-refractivity contribution in [1.82, 2.24) is 0 Å². The van der Waals surface area contributed by atoms with Gasteiger partial charge in [-0.05, 0) is 55.0 Å². The summed E-state index contributed by atoms with van der Waals surface area (Å²) in [4.78, 5) is 0. The summed E-state index contributed by atoms with van der Waals surface area (Å²) in [7, 11) is 0. The maximum Gasteiger partial charge on any atom is 0.127 e. The second-order valence-electron chi connectivity index (χ2n) is 3.73. The Balaban J connectivity index is 2.42. The average Bonchev–Trinajstić information content (AvgIpc) is 2.58. The minimum Gasteiger partial charge on any atom is -0.330 e. The Morgan fingerprint density at radius 1 is 1.29 bits per heavy atom. The van der Waals surface area contributed by atoms with E-state index in [2.05, 4.69) is 0 Å². The van der Waals surface area contributed by atoms with Crippen LogP contribution < -0.4 is 5.73 Å². The van der Waals surface area contributed by atoms with Crippen molar-refractivity contribution in [1.29, 1.82) is 0 Å². The SMILES string of the molecule is NCCC1CCc2c(F)ccc(F)c21. The molecule has 0 aliphatic heterocycles. The molecule has 1 unspecified atom stereocenters. The van der Waals surface area contributed by atoms with E-state index in [1.54, 1.807) is 0 Å². The highest BCUT2D eigenvalue weighted by atomic mass is 19.1. The molecule has 0 radical (unpaired) electrons. The zero-order valence-corrected chi connectivity index (χ0v) is 7.89. The van der Waals surface area contributed by atoms with Crippen molar-refractivity contribution in [2.75, 3.05) is 6.54 Å². The molecule has 1 nitrogen and oxygen atoms in total. The fraction of sp³-hybridized carbons (Fsp3) is 0.455. The Bertz CT molecular complexity index is 349. The van der Waals surface area contributed by atoms with Crippen LogP contribution in [-0.2, 0) is 6.42 Å². The molecule has 3 heteroatoms. The predicted octanol–water partition coefficient (Wildman–Crippen LogP) is 2.34. The zero-order valence-electron chi connectivity index (χ0n) is 7.89. The largest absolute Gasteiger partial charge is 0.330 e. The molecule has 0 amide bonds. The molecule has 1 atom stereocenters. The first-order chi connectivity index (χ1) is 6.74. The summed E-state index contributed by atoms with van der Waals surface area (Å²) in [5.74, 6) is -0.441. The summed E-state index contributed by atoms with van der Waals surface area (Å²) >= 11 is 0. The molecule has 1 aromatic carbocycles. The molecule has 14 heavy (non-hydrogen) atoms. The third-order valence-electron chi connectivity index (χ3n) is 2.91. The van der Waals surface area contributed by atoms with Gasteiger partial charge in [-0.3, -0.25) is 0 Å². The molecule has 1 aliphatic rings. The molecule has 0 heterocycles. The van der Waals surface area contributed by atoms with Crippen LogP contribution in [0.2, 0.25) is 0 Å². The van der Waals surface area contributed by atoms with Gasteiger partial charge in [0.1, 0.15) is 11.6 Å². The van der Waals surface area contributed by atoms with E-state index in [9.17, 15) is 8.78 Å². The fourth-order valence-corrected chi connectivity index (χ4v) is 2.26. The molecule has 2 rings (SSSR count). The molecule has 0 aromatic heterocycles. The van der Waals surface area contributed by atoms with Crippen molar-refractivity contribution in [2.24, 2.45) is 5.73 Å². The smallest absolute Gasteiger partial charge is 0.127 e. The Labute approximate surface area is 81.9 Å². The molecular weight excluding hydrogens is 184 g/mol. The summed E-state index contributed by atoms with van der Waals surface area (Å²) in [6, 6.07) is 2.42. The topological polar surface area (TPSA) is 26.0 Å². The molecule has 0 saturated heterocycles. The van der Waals surface area contributed by atoms with Crippen molar-refractivity contribution in [3.63, 3.8) is 0 Å². The highest BCUT2D eigenvalue weighted by molar-refractivity contribution is 5.37. The molecule has 1 aromatic rings. The predicted molar refractivity (Wildman–Crippen MR) is 51.1 cm³/mol. The van der Waals surface area contributed by atoms with Gasteiger partial charge in [-0.15, -0.1) is 0 Å². The Hall–Kier alpha value is -0.960. The molecule has 76 valence electrons. The molecule has 0 bridgehead atoms. The molecule has 0 spiro atoms. The summed E-state index contributed by atoms with van der Waals surface area (Å²) in [6.07, 6.45) is 2.21. The molecule has 1 aliphatic carbocycles. The van der Waals surface area contributed by atoms with E-state index < -0.39 is 0 Å². The lowest BCUT2D eigenvalue weighted by molar-refractivity contribution is 0.558. The second kappa shape index (κ2) is 3.65. The number of hydrogen-bond donors (Lipinski definition) is 1. The maximum absolute atomic E-state index is 13.4. The van der Waals surface area contributed by atoms with Gasteiger partial charge in [-0.25, -0.2) is 8.78 Å². The van der Waals surface area contributed by atoms with Crippen molar-refractivity contribution in [2.45, 2.75) is 25.2 Å². The Morgan fingerprint density at radius 3 is 2.71 bits per heavy atom. The van der Waals surface area contributed by atoms with E-state index in [0.717, 1.165) is 12.8 Å². The van der Waals surface area contributed by atoms with E-state index in [4.69, 9.17) is 5.73 Å². The Morgan fingerprint density at radius 2 is 2.00 bits per heavy atom. The minimum atomic E-state index is -0.280. The van der Waals surface area contributed by atoms with Crippen LogP contribution in [0, 0.1) is 11.6 Å². The normalized spacial score (nSPS) is 19.8. The van der Waals surface area contributed by atoms with Crippen LogP contribution in [0.5, 0.6) is 0 Å². The second-order valence-corrected chi connectivity index (χ2v) is 3.73. The fourth-order valence-electron chi connectivity index (χ4n) is 2.26. The van der Waals surface area contributed by atoms with Crippen molar-refractivity contribution in [3.8, 4) is 0 Å². The van der Waals surface area contributed by atoms with Gasteiger partial charge in [0.05, 0.1) is 0 Å². The molecule has 0 fully saturated rings. The van der Waals surface area contributed by atoms with Gasteiger partial charge < -0.3 is 5.73 Å². The van der Waals surface area contributed by atoms with Gasteiger partial charge in [0.25, 0.3) is 0 Å². The van der Waals surface area contributed by atoms with E-state index in [-0.39, 0.29) is 17.6 Å².